The Hall–Kier alpha value is -1.42. The lowest BCUT2D eigenvalue weighted by molar-refractivity contribution is 0.397. The molecular weight excluding hydrogens is 345 g/mol. The highest BCUT2D eigenvalue weighted by atomic mass is 35.5. The van der Waals surface area contributed by atoms with E-state index in [9.17, 15) is 10.2 Å². The lowest BCUT2D eigenvalue weighted by atomic mass is 9.84. The molecule has 0 saturated heterocycles. The summed E-state index contributed by atoms with van der Waals surface area (Å²) in [4.78, 5) is 0. The second-order valence-corrected chi connectivity index (χ2v) is 6.43. The van der Waals surface area contributed by atoms with E-state index in [1.165, 1.54) is 0 Å². The molecule has 0 spiro atoms. The van der Waals surface area contributed by atoms with E-state index in [-0.39, 0.29) is 34.8 Å². The highest BCUT2D eigenvalue weighted by Gasteiger charge is 2.29. The molecule has 0 aromatic heterocycles. The van der Waals surface area contributed by atoms with Gasteiger partial charge < -0.3 is 15.5 Å². The molecule has 5 heteroatoms. The smallest absolute Gasteiger partial charge is 0.177 e. The van der Waals surface area contributed by atoms with Crippen molar-refractivity contribution in [1.29, 1.82) is 0 Å². The molecular formula is C19H23Cl2NO2. The summed E-state index contributed by atoms with van der Waals surface area (Å²) in [5.41, 5.74) is 4.05. The predicted octanol–water partition coefficient (Wildman–Crippen LogP) is 4.40. The number of aromatic hydroxyl groups is 2. The number of hydrogen-bond acceptors (Lipinski definition) is 3. The zero-order valence-corrected chi connectivity index (χ0v) is 15.3. The van der Waals surface area contributed by atoms with Gasteiger partial charge in [-0.05, 0) is 36.1 Å². The summed E-state index contributed by atoms with van der Waals surface area (Å²) < 4.78 is 0. The Labute approximate surface area is 154 Å². The molecule has 3 N–H and O–H groups in total. The Morgan fingerprint density at radius 1 is 1.17 bits per heavy atom. The number of fused-ring (bicyclic) bond motifs is 1. The number of benzene rings is 2. The number of rotatable bonds is 3. The summed E-state index contributed by atoms with van der Waals surface area (Å²) in [5, 5.41) is 24.4. The SMILES string of the molecule is CCCc1c(O)c(O)c(Cl)c2c1CCNCC2c1ccccc1.Cl. The van der Waals surface area contributed by atoms with Crippen LogP contribution in [0.5, 0.6) is 11.5 Å². The number of phenols is 2. The van der Waals surface area contributed by atoms with Crippen molar-refractivity contribution in [3.8, 4) is 11.5 Å². The second kappa shape index (κ2) is 8.11. The first kappa shape index (κ1) is 18.9. The van der Waals surface area contributed by atoms with Crippen LogP contribution in [0, 0.1) is 0 Å². The Morgan fingerprint density at radius 2 is 1.88 bits per heavy atom. The minimum absolute atomic E-state index is 0. The van der Waals surface area contributed by atoms with Gasteiger partial charge in [0.25, 0.3) is 0 Å². The fraction of sp³-hybridized carbons (Fsp3) is 0.368. The third-order valence-electron chi connectivity index (χ3n) is 4.59. The number of phenolic OH excluding ortho intramolecular Hbond substituents is 2. The van der Waals surface area contributed by atoms with Gasteiger partial charge >= 0.3 is 0 Å². The molecule has 1 aliphatic rings. The molecule has 3 nitrogen and oxygen atoms in total. The van der Waals surface area contributed by atoms with Crippen LogP contribution in [-0.4, -0.2) is 23.3 Å². The maximum Gasteiger partial charge on any atom is 0.177 e. The summed E-state index contributed by atoms with van der Waals surface area (Å²) >= 11 is 6.47. The van der Waals surface area contributed by atoms with E-state index < -0.39 is 0 Å². The van der Waals surface area contributed by atoms with E-state index in [2.05, 4.69) is 24.4 Å². The van der Waals surface area contributed by atoms with Gasteiger partial charge in [-0.2, -0.15) is 0 Å². The molecule has 0 bridgehead atoms. The summed E-state index contributed by atoms with van der Waals surface area (Å²) in [7, 11) is 0. The topological polar surface area (TPSA) is 52.5 Å². The third-order valence-corrected chi connectivity index (χ3v) is 4.98. The van der Waals surface area contributed by atoms with Crippen LogP contribution < -0.4 is 5.32 Å². The Balaban J connectivity index is 0.00000208. The number of hydrogen-bond donors (Lipinski definition) is 3. The molecule has 1 heterocycles. The molecule has 3 rings (SSSR count). The fourth-order valence-corrected chi connectivity index (χ4v) is 3.85. The fourth-order valence-electron chi connectivity index (χ4n) is 3.51. The molecule has 1 aliphatic heterocycles. The Kier molecular flexibility index (Phi) is 6.39. The molecule has 0 fully saturated rings. The third kappa shape index (κ3) is 3.34. The molecule has 24 heavy (non-hydrogen) atoms. The van der Waals surface area contributed by atoms with Crippen LogP contribution in [0.2, 0.25) is 5.02 Å². The summed E-state index contributed by atoms with van der Waals surface area (Å²) in [6, 6.07) is 10.2. The number of nitrogens with one attached hydrogen (secondary N) is 1. The van der Waals surface area contributed by atoms with E-state index in [0.717, 1.165) is 54.6 Å². The van der Waals surface area contributed by atoms with Gasteiger partial charge in [0, 0.05) is 18.0 Å². The standard InChI is InChI=1S/C19H22ClNO2.ClH/c1-2-6-14-13-9-10-21-11-15(12-7-4-3-5-8-12)16(13)17(20)19(23)18(14)22;/h3-5,7-8,15,21-23H,2,6,9-11H2,1H3;1H. The quantitative estimate of drug-likeness (QED) is 0.704. The Bertz CT molecular complexity index is 705. The van der Waals surface area contributed by atoms with Crippen molar-refractivity contribution >= 4 is 24.0 Å². The molecule has 2 aromatic rings. The molecule has 1 unspecified atom stereocenters. The molecule has 130 valence electrons. The van der Waals surface area contributed by atoms with Gasteiger partial charge in [0.2, 0.25) is 0 Å². The maximum absolute atomic E-state index is 10.4. The van der Waals surface area contributed by atoms with Crippen molar-refractivity contribution in [2.45, 2.75) is 32.1 Å². The average Bonchev–Trinajstić information content (AvgIpc) is 2.80. The molecule has 2 aromatic carbocycles. The van der Waals surface area contributed by atoms with E-state index in [4.69, 9.17) is 11.6 Å². The second-order valence-electron chi connectivity index (χ2n) is 6.05. The lowest BCUT2D eigenvalue weighted by Crippen LogP contribution is -2.21. The van der Waals surface area contributed by atoms with Crippen molar-refractivity contribution in [2.24, 2.45) is 0 Å². The first-order valence-electron chi connectivity index (χ1n) is 8.15. The monoisotopic (exact) mass is 367 g/mol. The zero-order valence-electron chi connectivity index (χ0n) is 13.7. The minimum atomic E-state index is -0.184. The molecule has 0 radical (unpaired) electrons. The van der Waals surface area contributed by atoms with E-state index in [0.29, 0.717) is 0 Å². The lowest BCUT2D eigenvalue weighted by Gasteiger charge is -2.23. The predicted molar refractivity (Wildman–Crippen MR) is 101 cm³/mol. The maximum atomic E-state index is 10.4. The van der Waals surface area contributed by atoms with E-state index in [1.807, 2.05) is 18.2 Å². The molecule has 0 saturated carbocycles. The van der Waals surface area contributed by atoms with Crippen LogP contribution >= 0.6 is 24.0 Å². The minimum Gasteiger partial charge on any atom is -0.504 e. The van der Waals surface area contributed by atoms with Crippen LogP contribution in [0.15, 0.2) is 30.3 Å². The summed E-state index contributed by atoms with van der Waals surface area (Å²) in [6.45, 7) is 3.68. The average molecular weight is 368 g/mol. The summed E-state index contributed by atoms with van der Waals surface area (Å²) in [6.07, 6.45) is 2.45. The van der Waals surface area contributed by atoms with Gasteiger partial charge in [-0.3, -0.25) is 0 Å². The molecule has 1 atom stereocenters. The highest BCUT2D eigenvalue weighted by molar-refractivity contribution is 6.33. The zero-order chi connectivity index (χ0) is 16.4. The van der Waals surface area contributed by atoms with E-state index >= 15 is 0 Å². The first-order valence-corrected chi connectivity index (χ1v) is 8.53. The normalized spacial score (nSPS) is 16.8. The molecule has 0 amide bonds. The van der Waals surface area contributed by atoms with Gasteiger partial charge in [-0.1, -0.05) is 55.3 Å². The van der Waals surface area contributed by atoms with Gasteiger partial charge in [0.1, 0.15) is 0 Å². The molecule has 0 aliphatic carbocycles. The van der Waals surface area contributed by atoms with Crippen LogP contribution in [0.25, 0.3) is 0 Å². The van der Waals surface area contributed by atoms with Gasteiger partial charge in [-0.15, -0.1) is 12.4 Å². The van der Waals surface area contributed by atoms with Gasteiger partial charge in [0.05, 0.1) is 5.02 Å². The van der Waals surface area contributed by atoms with Crippen LogP contribution in [0.1, 0.15) is 41.5 Å². The highest BCUT2D eigenvalue weighted by Crippen LogP contribution is 2.47. The van der Waals surface area contributed by atoms with Gasteiger partial charge in [0.15, 0.2) is 11.5 Å². The van der Waals surface area contributed by atoms with E-state index in [1.54, 1.807) is 0 Å². The van der Waals surface area contributed by atoms with Crippen LogP contribution in [0.3, 0.4) is 0 Å². The van der Waals surface area contributed by atoms with Crippen molar-refractivity contribution in [2.75, 3.05) is 13.1 Å². The largest absolute Gasteiger partial charge is 0.504 e. The van der Waals surface area contributed by atoms with Crippen LogP contribution in [0.4, 0.5) is 0 Å². The van der Waals surface area contributed by atoms with Crippen molar-refractivity contribution in [3.05, 3.63) is 57.6 Å². The van der Waals surface area contributed by atoms with Crippen molar-refractivity contribution in [3.63, 3.8) is 0 Å². The van der Waals surface area contributed by atoms with Crippen LogP contribution in [-0.2, 0) is 12.8 Å². The van der Waals surface area contributed by atoms with Crippen molar-refractivity contribution in [1.82, 2.24) is 5.32 Å². The van der Waals surface area contributed by atoms with Crippen molar-refractivity contribution < 1.29 is 10.2 Å². The Morgan fingerprint density at radius 3 is 2.54 bits per heavy atom. The number of halogens is 2. The van der Waals surface area contributed by atoms with Gasteiger partial charge in [-0.25, -0.2) is 0 Å². The first-order chi connectivity index (χ1) is 11.1. The summed E-state index contributed by atoms with van der Waals surface area (Å²) in [5.74, 6) is -0.163.